The van der Waals surface area contributed by atoms with Crippen LogP contribution in [-0.4, -0.2) is 39.8 Å². The summed E-state index contributed by atoms with van der Waals surface area (Å²) in [5.41, 5.74) is 7.28. The molecule has 0 spiro atoms. The molecule has 3 aromatic rings. The summed E-state index contributed by atoms with van der Waals surface area (Å²) in [5.74, 6) is -1.17. The number of fused-ring (bicyclic) bond motifs is 1. The molecule has 0 atom stereocenters. The van der Waals surface area contributed by atoms with Gasteiger partial charge in [-0.15, -0.1) is 0 Å². The van der Waals surface area contributed by atoms with Gasteiger partial charge in [-0.3, -0.25) is 0 Å². The Hall–Kier alpha value is -2.81. The molecule has 0 radical (unpaired) electrons. The van der Waals surface area contributed by atoms with Gasteiger partial charge in [0.2, 0.25) is 0 Å². The van der Waals surface area contributed by atoms with Crippen molar-refractivity contribution >= 4 is 11.5 Å². The van der Waals surface area contributed by atoms with Crippen molar-refractivity contribution < 1.29 is 13.5 Å². The summed E-state index contributed by atoms with van der Waals surface area (Å²) < 4.78 is 34.7. The molecule has 3 aromatic heterocycles. The van der Waals surface area contributed by atoms with E-state index in [-0.39, 0.29) is 22.8 Å². The first-order chi connectivity index (χ1) is 15.3. The van der Waals surface area contributed by atoms with Gasteiger partial charge in [0.15, 0.2) is 23.1 Å². The van der Waals surface area contributed by atoms with Gasteiger partial charge in [0, 0.05) is 18.1 Å². The molecule has 172 valence electrons. The van der Waals surface area contributed by atoms with Crippen LogP contribution in [0.15, 0.2) is 18.3 Å². The van der Waals surface area contributed by atoms with Crippen LogP contribution in [0.5, 0.6) is 5.75 Å². The van der Waals surface area contributed by atoms with Crippen LogP contribution in [-0.2, 0) is 0 Å². The zero-order chi connectivity index (χ0) is 22.9. The topological polar surface area (TPSA) is 90.4 Å². The first kappa shape index (κ1) is 22.4. The number of nitrogen functional groups attached to an aromatic ring is 1. The Kier molecular flexibility index (Phi) is 6.28. The van der Waals surface area contributed by atoms with Gasteiger partial charge < -0.3 is 15.8 Å². The molecule has 0 unspecified atom stereocenters. The highest BCUT2D eigenvalue weighted by molar-refractivity contribution is 5.62. The van der Waals surface area contributed by atoms with Gasteiger partial charge in [-0.2, -0.15) is 5.10 Å². The Morgan fingerprint density at radius 2 is 1.84 bits per heavy atom. The second-order valence-corrected chi connectivity index (χ2v) is 9.28. The van der Waals surface area contributed by atoms with E-state index in [1.54, 1.807) is 13.2 Å². The average molecular weight is 445 g/mol. The number of nitrogens with one attached hydrogen (secondary N) is 1. The van der Waals surface area contributed by atoms with Crippen molar-refractivity contribution in [2.75, 3.05) is 25.9 Å². The zero-order valence-corrected chi connectivity index (χ0v) is 18.8. The van der Waals surface area contributed by atoms with Crippen LogP contribution in [0.4, 0.5) is 14.6 Å². The molecule has 1 aliphatic heterocycles. The minimum atomic E-state index is -0.896. The number of ether oxygens (including phenoxy) is 1. The molecule has 1 saturated heterocycles. The molecule has 7 nitrogen and oxygen atoms in total. The quantitative estimate of drug-likeness (QED) is 0.625. The molecule has 2 aliphatic rings. The van der Waals surface area contributed by atoms with E-state index in [2.05, 4.69) is 34.2 Å². The van der Waals surface area contributed by atoms with Crippen LogP contribution in [0.25, 0.3) is 17.0 Å². The van der Waals surface area contributed by atoms with E-state index in [1.165, 1.54) is 43.1 Å². The Labute approximate surface area is 186 Å². The summed E-state index contributed by atoms with van der Waals surface area (Å²) in [6.45, 7) is 6.91. The lowest BCUT2D eigenvalue weighted by Crippen LogP contribution is -2.31. The highest BCUT2D eigenvalue weighted by Crippen LogP contribution is 2.51. The first-order valence-corrected chi connectivity index (χ1v) is 11.0. The third-order valence-electron chi connectivity index (χ3n) is 6.10. The standard InChI is InChI=1S/C18H19F2N5O.C5H11N/c1-18(2)6-9(7-18)15-13(26-3)5-14-22-8-12(25(14)24-15)16-10(19)4-11(20)17(21)23-16;1-2-4-6-5-3-1/h4-5,8-9H,6-7H2,1-3H3,(H2,21,23);6H,1-5H2. The summed E-state index contributed by atoms with van der Waals surface area (Å²) in [5, 5.41) is 7.94. The predicted molar refractivity (Wildman–Crippen MR) is 120 cm³/mol. The Morgan fingerprint density at radius 1 is 1.12 bits per heavy atom. The highest BCUT2D eigenvalue weighted by Gasteiger charge is 2.39. The maximum absolute atomic E-state index is 14.3. The maximum atomic E-state index is 14.3. The maximum Gasteiger partial charge on any atom is 0.168 e. The van der Waals surface area contributed by atoms with Crippen molar-refractivity contribution in [3.63, 3.8) is 0 Å². The summed E-state index contributed by atoms with van der Waals surface area (Å²) in [4.78, 5) is 8.08. The van der Waals surface area contributed by atoms with Crippen LogP contribution < -0.4 is 15.8 Å². The molecule has 0 aromatic carbocycles. The van der Waals surface area contributed by atoms with Crippen LogP contribution in [0.1, 0.15) is 57.6 Å². The lowest BCUT2D eigenvalue weighted by atomic mass is 9.63. The zero-order valence-electron chi connectivity index (χ0n) is 18.8. The minimum absolute atomic E-state index is 0.0889. The number of halogens is 2. The molecule has 5 rings (SSSR count). The van der Waals surface area contributed by atoms with Crippen molar-refractivity contribution in [1.82, 2.24) is 24.9 Å². The molecular weight excluding hydrogens is 414 g/mol. The number of nitrogens with zero attached hydrogens (tertiary/aromatic N) is 4. The summed E-state index contributed by atoms with van der Waals surface area (Å²) >= 11 is 0. The molecule has 9 heteroatoms. The molecule has 32 heavy (non-hydrogen) atoms. The van der Waals surface area contributed by atoms with Gasteiger partial charge in [-0.05, 0) is 44.2 Å². The molecule has 0 bridgehead atoms. The van der Waals surface area contributed by atoms with E-state index in [1.807, 2.05) is 0 Å². The van der Waals surface area contributed by atoms with E-state index in [9.17, 15) is 8.78 Å². The fourth-order valence-corrected chi connectivity index (χ4v) is 4.45. The number of hydrogen-bond donors (Lipinski definition) is 2. The van der Waals surface area contributed by atoms with E-state index >= 15 is 0 Å². The van der Waals surface area contributed by atoms with Crippen LogP contribution in [0.2, 0.25) is 0 Å². The number of methoxy groups -OCH3 is 1. The minimum Gasteiger partial charge on any atom is -0.495 e. The average Bonchev–Trinajstić information content (AvgIpc) is 3.18. The summed E-state index contributed by atoms with van der Waals surface area (Å²) in [6.07, 6.45) is 7.63. The van der Waals surface area contributed by atoms with Crippen molar-refractivity contribution in [3.05, 3.63) is 35.7 Å². The van der Waals surface area contributed by atoms with Crippen LogP contribution in [0, 0.1) is 17.0 Å². The fraction of sp³-hybridized carbons (Fsp3) is 0.522. The van der Waals surface area contributed by atoms with Crippen LogP contribution in [0.3, 0.4) is 0 Å². The van der Waals surface area contributed by atoms with E-state index in [0.717, 1.165) is 24.6 Å². The summed E-state index contributed by atoms with van der Waals surface area (Å²) in [7, 11) is 1.59. The third kappa shape index (κ3) is 4.53. The lowest BCUT2D eigenvalue weighted by molar-refractivity contribution is 0.145. The fourth-order valence-electron chi connectivity index (χ4n) is 4.45. The largest absolute Gasteiger partial charge is 0.495 e. The number of rotatable bonds is 3. The van der Waals surface area contributed by atoms with Crippen molar-refractivity contribution in [2.45, 2.75) is 51.9 Å². The van der Waals surface area contributed by atoms with Gasteiger partial charge in [-0.1, -0.05) is 20.3 Å². The van der Waals surface area contributed by atoms with Gasteiger partial charge >= 0.3 is 0 Å². The Bertz CT molecular complexity index is 1090. The highest BCUT2D eigenvalue weighted by atomic mass is 19.1. The molecule has 0 amide bonds. The van der Waals surface area contributed by atoms with E-state index in [4.69, 9.17) is 10.5 Å². The van der Waals surface area contributed by atoms with Gasteiger partial charge in [0.05, 0.1) is 13.3 Å². The molecular formula is C23H30F2N6O. The van der Waals surface area contributed by atoms with Crippen molar-refractivity contribution in [1.29, 1.82) is 0 Å². The van der Waals surface area contributed by atoms with E-state index in [0.29, 0.717) is 17.1 Å². The van der Waals surface area contributed by atoms with Gasteiger partial charge in [0.1, 0.15) is 22.8 Å². The second kappa shape index (κ2) is 8.97. The first-order valence-electron chi connectivity index (χ1n) is 11.0. The molecule has 3 N–H and O–H groups in total. The summed E-state index contributed by atoms with van der Waals surface area (Å²) in [6, 6.07) is 2.48. The molecule has 2 fully saturated rings. The van der Waals surface area contributed by atoms with Crippen molar-refractivity contribution in [2.24, 2.45) is 5.41 Å². The van der Waals surface area contributed by atoms with Gasteiger partial charge in [-0.25, -0.2) is 23.3 Å². The molecule has 1 saturated carbocycles. The van der Waals surface area contributed by atoms with Gasteiger partial charge in [0.25, 0.3) is 0 Å². The van der Waals surface area contributed by atoms with Crippen LogP contribution >= 0.6 is 0 Å². The number of aromatic nitrogens is 4. The number of imidazole rings is 1. The third-order valence-corrected chi connectivity index (χ3v) is 6.10. The second-order valence-electron chi connectivity index (χ2n) is 9.28. The number of pyridine rings is 1. The predicted octanol–water partition coefficient (Wildman–Crippen LogP) is 4.32. The number of nitrogens with two attached hydrogens (primary N) is 1. The molecule has 1 aliphatic carbocycles. The number of anilines is 1. The monoisotopic (exact) mass is 444 g/mol. The molecule has 4 heterocycles. The lowest BCUT2D eigenvalue weighted by Gasteiger charge is -2.42. The normalized spacial score (nSPS) is 18.0. The Balaban J connectivity index is 0.000000354. The number of hydrogen-bond acceptors (Lipinski definition) is 6. The number of piperidine rings is 1. The SMILES string of the molecule is C1CCNCC1.COc1cc2ncc(-c3nc(N)c(F)cc3F)n2nc1C1CC(C)(C)C1. The smallest absolute Gasteiger partial charge is 0.168 e. The Morgan fingerprint density at radius 3 is 2.41 bits per heavy atom. The van der Waals surface area contributed by atoms with Crippen molar-refractivity contribution in [3.8, 4) is 17.1 Å². The van der Waals surface area contributed by atoms with E-state index < -0.39 is 11.6 Å².